The summed E-state index contributed by atoms with van der Waals surface area (Å²) in [5.41, 5.74) is 0.396. The summed E-state index contributed by atoms with van der Waals surface area (Å²) in [6, 6.07) is 0.665. The van der Waals surface area contributed by atoms with Crippen molar-refractivity contribution in [2.75, 3.05) is 14.2 Å². The Balaban J connectivity index is 3.06. The summed E-state index contributed by atoms with van der Waals surface area (Å²) in [7, 11) is 2.72. The molecule has 1 rings (SSSR count). The third-order valence-electron chi connectivity index (χ3n) is 3.01. The number of rotatable bonds is 6. The van der Waals surface area contributed by atoms with Crippen molar-refractivity contribution in [3.63, 3.8) is 0 Å². The van der Waals surface area contributed by atoms with Gasteiger partial charge in [-0.2, -0.15) is 13.2 Å². The topological polar surface area (TPSA) is 84.9 Å². The van der Waals surface area contributed by atoms with Crippen LogP contribution >= 0.6 is 0 Å². The van der Waals surface area contributed by atoms with E-state index in [1.54, 1.807) is 0 Å². The molecule has 0 fully saturated rings. The molecule has 0 spiro atoms. The molecule has 1 atom stereocenters. The smallest absolute Gasteiger partial charge is 0.391 e. The van der Waals surface area contributed by atoms with Gasteiger partial charge in [-0.1, -0.05) is 0 Å². The average molecular weight is 335 g/mol. The molecule has 0 saturated heterocycles. The van der Waals surface area contributed by atoms with E-state index in [1.807, 2.05) is 5.32 Å². The number of amides is 1. The summed E-state index contributed by atoms with van der Waals surface area (Å²) in [5, 5.41) is 10.7. The zero-order chi connectivity index (χ0) is 17.8. The number of benzene rings is 1. The first-order valence-corrected chi connectivity index (χ1v) is 6.42. The highest BCUT2D eigenvalue weighted by atomic mass is 19.4. The van der Waals surface area contributed by atoms with Crippen LogP contribution in [0.15, 0.2) is 12.1 Å². The lowest BCUT2D eigenvalue weighted by Gasteiger charge is -2.18. The third-order valence-corrected chi connectivity index (χ3v) is 3.01. The van der Waals surface area contributed by atoms with Crippen LogP contribution in [-0.2, 0) is 4.79 Å². The van der Waals surface area contributed by atoms with E-state index in [2.05, 4.69) is 0 Å². The van der Waals surface area contributed by atoms with Crippen LogP contribution in [0, 0.1) is 6.92 Å². The average Bonchev–Trinajstić information content (AvgIpc) is 2.44. The second-order valence-corrected chi connectivity index (χ2v) is 4.71. The summed E-state index contributed by atoms with van der Waals surface area (Å²) < 4.78 is 47.1. The molecule has 0 aromatic heterocycles. The molecule has 128 valence electrons. The minimum absolute atomic E-state index is 0.00363. The lowest BCUT2D eigenvalue weighted by molar-refractivity contribution is -0.157. The van der Waals surface area contributed by atoms with Gasteiger partial charge in [0.05, 0.1) is 20.6 Å². The van der Waals surface area contributed by atoms with E-state index in [0.29, 0.717) is 11.3 Å². The first kappa shape index (κ1) is 18.6. The van der Waals surface area contributed by atoms with Gasteiger partial charge in [0.25, 0.3) is 5.91 Å². The largest absolute Gasteiger partial charge is 0.493 e. The summed E-state index contributed by atoms with van der Waals surface area (Å²) in [6.07, 6.45) is -6.39. The monoisotopic (exact) mass is 335 g/mol. The van der Waals surface area contributed by atoms with Gasteiger partial charge in [-0.25, -0.2) is 4.79 Å². The first-order valence-electron chi connectivity index (χ1n) is 6.42. The van der Waals surface area contributed by atoms with Crippen LogP contribution < -0.4 is 14.8 Å². The van der Waals surface area contributed by atoms with Gasteiger partial charge >= 0.3 is 12.1 Å². The maximum Gasteiger partial charge on any atom is 0.391 e. The minimum Gasteiger partial charge on any atom is -0.493 e. The summed E-state index contributed by atoms with van der Waals surface area (Å²) >= 11 is 0. The highest BCUT2D eigenvalue weighted by Crippen LogP contribution is 2.30. The fraction of sp³-hybridized carbons (Fsp3) is 0.429. The number of hydrogen-bond donors (Lipinski definition) is 2. The molecule has 1 aromatic rings. The van der Waals surface area contributed by atoms with Crippen LogP contribution in [0.25, 0.3) is 0 Å². The Bertz CT molecular complexity index is 601. The lowest BCUT2D eigenvalue weighted by Crippen LogP contribution is -2.43. The number of carbonyl (C=O) groups excluding carboxylic acids is 1. The highest BCUT2D eigenvalue weighted by molar-refractivity contribution is 5.98. The van der Waals surface area contributed by atoms with E-state index in [9.17, 15) is 22.8 Å². The van der Waals surface area contributed by atoms with E-state index < -0.39 is 30.5 Å². The molecule has 23 heavy (non-hydrogen) atoms. The Hall–Kier alpha value is -2.45. The Kier molecular flexibility index (Phi) is 5.83. The van der Waals surface area contributed by atoms with Gasteiger partial charge in [-0.3, -0.25) is 4.79 Å². The number of aliphatic carboxylic acids is 1. The molecule has 0 radical (unpaired) electrons. The normalized spacial score (nSPS) is 12.4. The van der Waals surface area contributed by atoms with Gasteiger partial charge in [-0.15, -0.1) is 0 Å². The zero-order valence-electron chi connectivity index (χ0n) is 12.7. The Morgan fingerprint density at radius 1 is 1.22 bits per heavy atom. The summed E-state index contributed by atoms with van der Waals surface area (Å²) in [4.78, 5) is 23.0. The lowest BCUT2D eigenvalue weighted by atomic mass is 10.1. The zero-order valence-corrected chi connectivity index (χ0v) is 12.7. The minimum atomic E-state index is -4.72. The number of halogens is 3. The quantitative estimate of drug-likeness (QED) is 0.832. The summed E-state index contributed by atoms with van der Waals surface area (Å²) in [6.45, 7) is 1.54. The predicted octanol–water partition coefficient (Wildman–Crippen LogP) is 2.15. The van der Waals surface area contributed by atoms with Gasteiger partial charge in [-0.05, 0) is 24.6 Å². The van der Waals surface area contributed by atoms with Gasteiger partial charge < -0.3 is 19.9 Å². The van der Waals surface area contributed by atoms with Crippen molar-refractivity contribution in [3.05, 3.63) is 23.3 Å². The predicted molar refractivity (Wildman–Crippen MR) is 73.8 cm³/mol. The molecule has 1 aromatic carbocycles. The number of methoxy groups -OCH3 is 2. The fourth-order valence-corrected chi connectivity index (χ4v) is 1.89. The molecule has 0 aliphatic rings. The van der Waals surface area contributed by atoms with Gasteiger partial charge in [0, 0.05) is 5.56 Å². The van der Waals surface area contributed by atoms with Crippen LogP contribution in [0.4, 0.5) is 13.2 Å². The number of carbonyl (C=O) groups is 2. The molecule has 0 aliphatic heterocycles. The molecule has 0 aliphatic carbocycles. The molecule has 9 heteroatoms. The summed E-state index contributed by atoms with van der Waals surface area (Å²) in [5.74, 6) is -2.17. The molecule has 0 heterocycles. The van der Waals surface area contributed by atoms with Crippen molar-refractivity contribution < 1.29 is 37.3 Å². The molecular formula is C14H16F3NO5. The molecule has 6 nitrogen and oxygen atoms in total. The fourth-order valence-electron chi connectivity index (χ4n) is 1.89. The second kappa shape index (κ2) is 7.21. The number of ether oxygens (including phenoxy) is 2. The number of aryl methyl sites for hydroxylation is 1. The number of hydrogen-bond acceptors (Lipinski definition) is 4. The SMILES string of the molecule is COc1cc(C)c(C(=O)NC(CC(F)(F)F)C(=O)O)cc1OC. The van der Waals surface area contributed by atoms with Crippen LogP contribution in [0.3, 0.4) is 0 Å². The van der Waals surface area contributed by atoms with Crippen LogP contribution in [0.5, 0.6) is 11.5 Å². The standard InChI is InChI=1S/C14H16F3NO5/c1-7-4-10(22-2)11(23-3)5-8(7)12(19)18-9(13(20)21)6-14(15,16)17/h4-5,9H,6H2,1-3H3,(H,18,19)(H,20,21). The van der Waals surface area contributed by atoms with E-state index in [-0.39, 0.29) is 11.3 Å². The second-order valence-electron chi connectivity index (χ2n) is 4.71. The number of carboxylic acids is 1. The van der Waals surface area contributed by atoms with Crippen molar-refractivity contribution in [2.24, 2.45) is 0 Å². The van der Waals surface area contributed by atoms with E-state index in [1.165, 1.54) is 33.3 Å². The molecule has 1 unspecified atom stereocenters. The highest BCUT2D eigenvalue weighted by Gasteiger charge is 2.36. The van der Waals surface area contributed by atoms with Gasteiger partial charge in [0.2, 0.25) is 0 Å². The van der Waals surface area contributed by atoms with Crippen molar-refractivity contribution >= 4 is 11.9 Å². The first-order chi connectivity index (χ1) is 10.6. The number of alkyl halides is 3. The molecule has 0 saturated carbocycles. The van der Waals surface area contributed by atoms with Crippen LogP contribution in [0.1, 0.15) is 22.3 Å². The Morgan fingerprint density at radius 2 is 1.74 bits per heavy atom. The van der Waals surface area contributed by atoms with Gasteiger partial charge in [0.1, 0.15) is 6.04 Å². The maximum atomic E-state index is 12.4. The van der Waals surface area contributed by atoms with E-state index >= 15 is 0 Å². The van der Waals surface area contributed by atoms with Crippen LogP contribution in [0.2, 0.25) is 0 Å². The molecular weight excluding hydrogens is 319 g/mol. The van der Waals surface area contributed by atoms with Crippen molar-refractivity contribution in [3.8, 4) is 11.5 Å². The van der Waals surface area contributed by atoms with E-state index in [4.69, 9.17) is 14.6 Å². The van der Waals surface area contributed by atoms with Crippen molar-refractivity contribution in [1.29, 1.82) is 0 Å². The maximum absolute atomic E-state index is 12.4. The van der Waals surface area contributed by atoms with E-state index in [0.717, 1.165) is 0 Å². The molecule has 2 N–H and O–H groups in total. The molecule has 1 amide bonds. The van der Waals surface area contributed by atoms with Crippen molar-refractivity contribution in [1.82, 2.24) is 5.32 Å². The number of nitrogens with one attached hydrogen (secondary N) is 1. The van der Waals surface area contributed by atoms with Gasteiger partial charge in [0.15, 0.2) is 11.5 Å². The molecule has 0 bridgehead atoms. The Labute approximate surface area is 130 Å². The third kappa shape index (κ3) is 5.04. The Morgan fingerprint density at radius 3 is 2.17 bits per heavy atom. The van der Waals surface area contributed by atoms with Crippen LogP contribution in [-0.4, -0.2) is 43.4 Å². The number of carboxylic acid groups (broad SMARTS) is 1. The van der Waals surface area contributed by atoms with Crippen molar-refractivity contribution in [2.45, 2.75) is 25.6 Å².